The minimum absolute atomic E-state index is 0.130. The summed E-state index contributed by atoms with van der Waals surface area (Å²) in [7, 11) is 0. The maximum absolute atomic E-state index is 13.9. The number of ether oxygens (including phenoxy) is 1. The fraction of sp³-hybridized carbons (Fsp3) is 0.444. The molecule has 0 bridgehead atoms. The third-order valence-electron chi connectivity index (χ3n) is 4.35. The highest BCUT2D eigenvalue weighted by atomic mass is 19.1. The molecule has 0 saturated carbocycles. The molecule has 0 spiro atoms. The van der Waals surface area contributed by atoms with Crippen LogP contribution < -0.4 is 5.32 Å². The molecule has 5 nitrogen and oxygen atoms in total. The normalized spacial score (nSPS) is 17.8. The van der Waals surface area contributed by atoms with Crippen LogP contribution in [0.4, 0.5) is 10.1 Å². The summed E-state index contributed by atoms with van der Waals surface area (Å²) in [5.41, 5.74) is 2.90. The lowest BCUT2D eigenvalue weighted by atomic mass is 10.1. The van der Waals surface area contributed by atoms with Gasteiger partial charge in [0.2, 0.25) is 0 Å². The van der Waals surface area contributed by atoms with Crippen molar-refractivity contribution in [1.29, 1.82) is 0 Å². The van der Waals surface area contributed by atoms with E-state index in [0.717, 1.165) is 30.5 Å². The van der Waals surface area contributed by atoms with E-state index in [-0.39, 0.29) is 17.8 Å². The van der Waals surface area contributed by atoms with Gasteiger partial charge >= 0.3 is 0 Å². The summed E-state index contributed by atoms with van der Waals surface area (Å²) in [6.07, 6.45) is 2.89. The van der Waals surface area contributed by atoms with Crippen LogP contribution in [0.5, 0.6) is 0 Å². The number of carbonyl (C=O) groups excluding carboxylic acids is 1. The molecule has 0 aliphatic carbocycles. The predicted octanol–water partition coefficient (Wildman–Crippen LogP) is 3.90. The molecule has 1 amide bonds. The number of hydrogen-bond acceptors (Lipinski definition) is 3. The van der Waals surface area contributed by atoms with E-state index in [2.05, 4.69) is 10.4 Å². The van der Waals surface area contributed by atoms with E-state index in [0.29, 0.717) is 17.9 Å². The smallest absolute Gasteiger partial charge is 0.259 e. The van der Waals surface area contributed by atoms with Crippen molar-refractivity contribution < 1.29 is 13.9 Å². The monoisotopic (exact) mass is 331 g/mol. The van der Waals surface area contributed by atoms with Gasteiger partial charge in [-0.3, -0.25) is 4.79 Å². The molecule has 2 heterocycles. The number of nitrogens with one attached hydrogen (secondary N) is 1. The van der Waals surface area contributed by atoms with Crippen LogP contribution in [0.25, 0.3) is 0 Å². The highest BCUT2D eigenvalue weighted by Gasteiger charge is 2.25. The predicted molar refractivity (Wildman–Crippen MR) is 89.6 cm³/mol. The van der Waals surface area contributed by atoms with E-state index < -0.39 is 5.82 Å². The number of halogens is 1. The number of carbonyl (C=O) groups is 1. The third-order valence-corrected chi connectivity index (χ3v) is 4.35. The van der Waals surface area contributed by atoms with Crippen molar-refractivity contribution in [2.24, 2.45) is 0 Å². The minimum atomic E-state index is -0.452. The second-order valence-electron chi connectivity index (χ2n) is 6.25. The Balaban J connectivity index is 1.87. The van der Waals surface area contributed by atoms with Crippen molar-refractivity contribution in [3.8, 4) is 0 Å². The zero-order chi connectivity index (χ0) is 17.3. The van der Waals surface area contributed by atoms with Crippen molar-refractivity contribution >= 4 is 11.6 Å². The number of anilines is 1. The molecule has 0 radical (unpaired) electrons. The Morgan fingerprint density at radius 3 is 2.83 bits per heavy atom. The Morgan fingerprint density at radius 1 is 1.33 bits per heavy atom. The van der Waals surface area contributed by atoms with Gasteiger partial charge in [-0.1, -0.05) is 6.07 Å². The number of nitrogens with zero attached hydrogens (tertiary/aromatic N) is 2. The lowest BCUT2D eigenvalue weighted by Gasteiger charge is -2.24. The summed E-state index contributed by atoms with van der Waals surface area (Å²) in [6.45, 7) is 6.19. The van der Waals surface area contributed by atoms with Crippen LogP contribution in [0.15, 0.2) is 18.2 Å². The van der Waals surface area contributed by atoms with E-state index in [1.165, 1.54) is 6.07 Å². The number of hydrogen-bond donors (Lipinski definition) is 1. The Kier molecular flexibility index (Phi) is 4.66. The molecule has 0 unspecified atom stereocenters. The van der Waals surface area contributed by atoms with Gasteiger partial charge in [-0.05, 0) is 57.7 Å². The number of benzene rings is 1. The first-order chi connectivity index (χ1) is 11.5. The first-order valence-electron chi connectivity index (χ1n) is 8.22. The molecule has 1 aliphatic rings. The SMILES string of the molecule is Cc1ccc(F)c(NC(=O)c2c(C)nn([C@@H]3CCCCO3)c2C)c1. The zero-order valence-corrected chi connectivity index (χ0v) is 14.2. The molecule has 128 valence electrons. The number of rotatable bonds is 3. The van der Waals surface area contributed by atoms with Crippen molar-refractivity contribution in [2.45, 2.75) is 46.3 Å². The lowest BCUT2D eigenvalue weighted by molar-refractivity contribution is -0.0408. The molecule has 1 N–H and O–H groups in total. The highest BCUT2D eigenvalue weighted by Crippen LogP contribution is 2.26. The molecule has 24 heavy (non-hydrogen) atoms. The molecular weight excluding hydrogens is 309 g/mol. The van der Waals surface area contributed by atoms with Gasteiger partial charge < -0.3 is 10.1 Å². The third kappa shape index (κ3) is 3.19. The van der Waals surface area contributed by atoms with Gasteiger partial charge in [0, 0.05) is 6.61 Å². The van der Waals surface area contributed by atoms with Gasteiger partial charge in [-0.15, -0.1) is 0 Å². The van der Waals surface area contributed by atoms with E-state index in [9.17, 15) is 9.18 Å². The maximum Gasteiger partial charge on any atom is 0.259 e. The lowest BCUT2D eigenvalue weighted by Crippen LogP contribution is -2.21. The molecular formula is C18H22FN3O2. The van der Waals surface area contributed by atoms with Gasteiger partial charge in [0.25, 0.3) is 5.91 Å². The molecule has 1 aromatic heterocycles. The van der Waals surface area contributed by atoms with Crippen LogP contribution in [0, 0.1) is 26.6 Å². The average Bonchev–Trinajstić information content (AvgIpc) is 2.86. The van der Waals surface area contributed by atoms with E-state index in [1.807, 2.05) is 13.8 Å². The van der Waals surface area contributed by atoms with E-state index >= 15 is 0 Å². The fourth-order valence-electron chi connectivity index (χ4n) is 3.11. The summed E-state index contributed by atoms with van der Waals surface area (Å²) in [6, 6.07) is 4.64. The van der Waals surface area contributed by atoms with Gasteiger partial charge in [0.05, 0.1) is 22.6 Å². The molecule has 1 fully saturated rings. The van der Waals surface area contributed by atoms with Crippen molar-refractivity contribution in [2.75, 3.05) is 11.9 Å². The second kappa shape index (κ2) is 6.73. The van der Waals surface area contributed by atoms with Crippen LogP contribution in [0.2, 0.25) is 0 Å². The summed E-state index contributed by atoms with van der Waals surface area (Å²) >= 11 is 0. The molecule has 2 aromatic rings. The maximum atomic E-state index is 13.9. The first-order valence-corrected chi connectivity index (χ1v) is 8.22. The molecule has 1 saturated heterocycles. The molecule has 1 aromatic carbocycles. The summed E-state index contributed by atoms with van der Waals surface area (Å²) in [5.74, 6) is -0.802. The summed E-state index contributed by atoms with van der Waals surface area (Å²) < 4.78 is 21.4. The largest absolute Gasteiger partial charge is 0.357 e. The van der Waals surface area contributed by atoms with E-state index in [4.69, 9.17) is 4.74 Å². The van der Waals surface area contributed by atoms with Crippen LogP contribution in [0.3, 0.4) is 0 Å². The quantitative estimate of drug-likeness (QED) is 0.928. The summed E-state index contributed by atoms with van der Waals surface area (Å²) in [5, 5.41) is 7.13. The van der Waals surface area contributed by atoms with Gasteiger partial charge in [0.15, 0.2) is 0 Å². The molecule has 3 rings (SSSR count). The Bertz CT molecular complexity index is 764. The number of amides is 1. The number of aryl methyl sites for hydroxylation is 2. The molecule has 6 heteroatoms. The van der Waals surface area contributed by atoms with Crippen LogP contribution in [-0.4, -0.2) is 22.3 Å². The van der Waals surface area contributed by atoms with Gasteiger partial charge in [0.1, 0.15) is 12.0 Å². The average molecular weight is 331 g/mol. The van der Waals surface area contributed by atoms with Crippen molar-refractivity contribution in [3.05, 3.63) is 46.5 Å². The fourth-order valence-corrected chi connectivity index (χ4v) is 3.11. The Hall–Kier alpha value is -2.21. The van der Waals surface area contributed by atoms with Gasteiger partial charge in [-0.25, -0.2) is 9.07 Å². The van der Waals surface area contributed by atoms with Crippen molar-refractivity contribution in [3.63, 3.8) is 0 Å². The van der Waals surface area contributed by atoms with Gasteiger partial charge in [-0.2, -0.15) is 5.10 Å². The van der Waals surface area contributed by atoms with Crippen LogP contribution in [0.1, 0.15) is 52.8 Å². The topological polar surface area (TPSA) is 56.2 Å². The first kappa shape index (κ1) is 16.6. The molecule has 1 aliphatic heterocycles. The van der Waals surface area contributed by atoms with E-state index in [1.54, 1.807) is 23.7 Å². The van der Waals surface area contributed by atoms with Crippen LogP contribution in [-0.2, 0) is 4.74 Å². The summed E-state index contributed by atoms with van der Waals surface area (Å²) in [4.78, 5) is 12.6. The highest BCUT2D eigenvalue weighted by molar-refractivity contribution is 6.06. The van der Waals surface area contributed by atoms with Crippen molar-refractivity contribution in [1.82, 2.24) is 9.78 Å². The molecule has 1 atom stereocenters. The Morgan fingerprint density at radius 2 is 2.12 bits per heavy atom. The minimum Gasteiger partial charge on any atom is -0.357 e. The standard InChI is InChI=1S/C18H22FN3O2/c1-11-7-8-14(19)15(10-11)20-18(23)17-12(2)21-22(13(17)3)16-6-4-5-9-24-16/h7-8,10,16H,4-6,9H2,1-3H3,(H,20,23)/t16-/m0/s1. The Labute approximate surface area is 140 Å². The second-order valence-corrected chi connectivity index (χ2v) is 6.25. The zero-order valence-electron chi connectivity index (χ0n) is 14.2. The van der Waals surface area contributed by atoms with Crippen LogP contribution >= 0.6 is 0 Å². The number of aromatic nitrogens is 2.